The number of hydrogen-bond donors (Lipinski definition) is 2. The predicted molar refractivity (Wildman–Crippen MR) is 108 cm³/mol. The molecule has 1 aliphatic carbocycles. The number of rotatable bonds is 5. The summed E-state index contributed by atoms with van der Waals surface area (Å²) in [4.78, 5) is 17.5. The monoisotopic (exact) mass is 448 g/mol. The molecule has 31 heavy (non-hydrogen) atoms. The van der Waals surface area contributed by atoms with Crippen LogP contribution in [0.2, 0.25) is 5.02 Å². The number of carbonyl (C=O) groups excluding carboxylic acids is 1. The number of nitrogens with zero attached hydrogens (tertiary/aromatic N) is 5. The number of hydrogen-bond acceptors (Lipinski definition) is 6. The summed E-state index contributed by atoms with van der Waals surface area (Å²) >= 11 is 6.01. The summed E-state index contributed by atoms with van der Waals surface area (Å²) in [5, 5.41) is 24.5. The molecule has 4 rings (SSSR count). The second kappa shape index (κ2) is 8.27. The summed E-state index contributed by atoms with van der Waals surface area (Å²) in [6, 6.07) is 3.74. The van der Waals surface area contributed by atoms with E-state index < -0.39 is 23.1 Å². The lowest BCUT2D eigenvalue weighted by atomic mass is 9.99. The summed E-state index contributed by atoms with van der Waals surface area (Å²) in [5.74, 6) is -1.90. The molecule has 8 nitrogen and oxygen atoms in total. The maximum Gasteiger partial charge on any atom is 0.252 e. The molecule has 11 heteroatoms. The minimum absolute atomic E-state index is 0.0135. The first-order valence-electron chi connectivity index (χ1n) is 9.66. The van der Waals surface area contributed by atoms with Gasteiger partial charge < -0.3 is 10.4 Å². The third kappa shape index (κ3) is 4.26. The Bertz CT molecular complexity index is 1150. The minimum Gasteiger partial charge on any atom is -0.380 e. The van der Waals surface area contributed by atoms with Gasteiger partial charge in [0.25, 0.3) is 5.91 Å². The number of halogens is 3. The van der Waals surface area contributed by atoms with Crippen molar-refractivity contribution in [1.29, 1.82) is 0 Å². The quantitative estimate of drug-likeness (QED) is 0.621. The number of aromatic nitrogens is 5. The summed E-state index contributed by atoms with van der Waals surface area (Å²) < 4.78 is 29.4. The van der Waals surface area contributed by atoms with Crippen molar-refractivity contribution in [2.75, 3.05) is 0 Å². The molecule has 0 spiro atoms. The first-order valence-corrected chi connectivity index (χ1v) is 10.0. The van der Waals surface area contributed by atoms with Crippen molar-refractivity contribution in [1.82, 2.24) is 30.5 Å². The highest BCUT2D eigenvalue weighted by molar-refractivity contribution is 6.31. The highest BCUT2D eigenvalue weighted by atomic mass is 35.5. The number of aliphatic hydroxyl groups is 1. The summed E-state index contributed by atoms with van der Waals surface area (Å²) in [6.45, 7) is -0.185. The van der Waals surface area contributed by atoms with E-state index in [-0.39, 0.29) is 39.8 Å². The van der Waals surface area contributed by atoms with Crippen LogP contribution in [0.3, 0.4) is 0 Å². The number of aryl methyl sites for hydroxylation is 1. The Labute approximate surface area is 181 Å². The smallest absolute Gasteiger partial charge is 0.252 e. The molecule has 2 heterocycles. The van der Waals surface area contributed by atoms with E-state index in [4.69, 9.17) is 11.6 Å². The second-order valence-electron chi connectivity index (χ2n) is 7.49. The van der Waals surface area contributed by atoms with Crippen molar-refractivity contribution < 1.29 is 18.7 Å². The van der Waals surface area contributed by atoms with Gasteiger partial charge in [0, 0.05) is 16.8 Å². The molecule has 0 bridgehead atoms. The standard InChI is InChI=1S/C20H19ClF2N6O2/c1-29-27-18(26-28-29)17-13(7-12(21)8-15(17)23)11-6-14(22)16(24-9-11)10-25-19(30)20(31)4-2-3-5-20/h6-9,31H,2-5,10H2,1H3,(H,25,30). The Morgan fingerprint density at radius 1 is 1.26 bits per heavy atom. The molecule has 2 N–H and O–H groups in total. The molecule has 3 aromatic rings. The number of pyridine rings is 1. The first kappa shape index (κ1) is 21.3. The molecular weight excluding hydrogens is 430 g/mol. The average molecular weight is 449 g/mol. The lowest BCUT2D eigenvalue weighted by Gasteiger charge is -2.20. The van der Waals surface area contributed by atoms with Crippen LogP contribution in [0.4, 0.5) is 8.78 Å². The Kier molecular flexibility index (Phi) is 5.67. The summed E-state index contributed by atoms with van der Waals surface area (Å²) in [5.41, 5.74) is -0.900. The molecule has 1 aromatic carbocycles. The molecule has 0 unspecified atom stereocenters. The third-order valence-electron chi connectivity index (χ3n) is 5.29. The van der Waals surface area contributed by atoms with E-state index >= 15 is 0 Å². The minimum atomic E-state index is -1.41. The Morgan fingerprint density at radius 3 is 2.65 bits per heavy atom. The first-order chi connectivity index (χ1) is 14.8. The fourth-order valence-electron chi connectivity index (χ4n) is 3.67. The van der Waals surface area contributed by atoms with E-state index in [0.717, 1.165) is 18.9 Å². The van der Waals surface area contributed by atoms with Gasteiger partial charge in [0.15, 0.2) is 0 Å². The average Bonchev–Trinajstić information content (AvgIpc) is 3.35. The lowest BCUT2D eigenvalue weighted by molar-refractivity contribution is -0.139. The van der Waals surface area contributed by atoms with Gasteiger partial charge in [-0.2, -0.15) is 4.80 Å². The highest BCUT2D eigenvalue weighted by Crippen LogP contribution is 2.35. The van der Waals surface area contributed by atoms with E-state index in [0.29, 0.717) is 12.8 Å². The van der Waals surface area contributed by atoms with E-state index in [9.17, 15) is 18.7 Å². The van der Waals surface area contributed by atoms with Gasteiger partial charge >= 0.3 is 0 Å². The number of tetrazole rings is 1. The summed E-state index contributed by atoms with van der Waals surface area (Å²) in [7, 11) is 1.54. The molecule has 0 saturated heterocycles. The highest BCUT2D eigenvalue weighted by Gasteiger charge is 2.38. The molecule has 162 valence electrons. The van der Waals surface area contributed by atoms with Crippen LogP contribution in [-0.2, 0) is 18.4 Å². The van der Waals surface area contributed by atoms with Crippen LogP contribution in [0.25, 0.3) is 22.5 Å². The maximum absolute atomic E-state index is 14.7. The van der Waals surface area contributed by atoms with Crippen LogP contribution in [0.5, 0.6) is 0 Å². The molecule has 1 amide bonds. The normalized spacial score (nSPS) is 15.3. The van der Waals surface area contributed by atoms with E-state index in [1.54, 1.807) is 0 Å². The van der Waals surface area contributed by atoms with Crippen LogP contribution in [-0.4, -0.2) is 41.8 Å². The van der Waals surface area contributed by atoms with Gasteiger partial charge in [-0.1, -0.05) is 11.6 Å². The van der Waals surface area contributed by atoms with Crippen molar-refractivity contribution in [2.45, 2.75) is 37.8 Å². The second-order valence-corrected chi connectivity index (χ2v) is 7.92. The Balaban J connectivity index is 1.62. The Morgan fingerprint density at radius 2 is 2.00 bits per heavy atom. The lowest BCUT2D eigenvalue weighted by Crippen LogP contribution is -2.44. The number of amides is 1. The number of nitrogens with one attached hydrogen (secondary N) is 1. The summed E-state index contributed by atoms with van der Waals surface area (Å²) in [6.07, 6.45) is 3.65. The van der Waals surface area contributed by atoms with Crippen LogP contribution in [0.15, 0.2) is 24.4 Å². The molecule has 0 atom stereocenters. The van der Waals surface area contributed by atoms with Crippen molar-refractivity contribution in [2.24, 2.45) is 7.05 Å². The molecular formula is C20H19ClF2N6O2. The van der Waals surface area contributed by atoms with Gasteiger partial charge in [-0.15, -0.1) is 10.2 Å². The molecule has 2 aromatic heterocycles. The largest absolute Gasteiger partial charge is 0.380 e. The zero-order valence-corrected chi connectivity index (χ0v) is 17.3. The van der Waals surface area contributed by atoms with Gasteiger partial charge in [0.1, 0.15) is 17.2 Å². The van der Waals surface area contributed by atoms with Crippen molar-refractivity contribution in [3.05, 3.63) is 46.7 Å². The molecule has 0 aliphatic heterocycles. The number of benzene rings is 1. The van der Waals surface area contributed by atoms with Crippen molar-refractivity contribution in [3.8, 4) is 22.5 Å². The number of carbonyl (C=O) groups is 1. The van der Waals surface area contributed by atoms with Crippen molar-refractivity contribution in [3.63, 3.8) is 0 Å². The zero-order valence-electron chi connectivity index (χ0n) is 16.6. The van der Waals surface area contributed by atoms with E-state index in [2.05, 4.69) is 25.7 Å². The third-order valence-corrected chi connectivity index (χ3v) is 5.50. The SMILES string of the molecule is Cn1nnc(-c2c(F)cc(Cl)cc2-c2cnc(CNC(=O)C3(O)CCCC3)c(F)c2)n1. The van der Waals surface area contributed by atoms with Crippen molar-refractivity contribution >= 4 is 17.5 Å². The fraction of sp³-hybridized carbons (Fsp3) is 0.350. The van der Waals surface area contributed by atoms with Gasteiger partial charge in [-0.3, -0.25) is 9.78 Å². The molecule has 1 fully saturated rings. The maximum atomic E-state index is 14.7. The zero-order chi connectivity index (χ0) is 22.2. The van der Waals surface area contributed by atoms with Gasteiger partial charge in [-0.25, -0.2) is 8.78 Å². The van der Waals surface area contributed by atoms with Gasteiger partial charge in [-0.05, 0) is 54.7 Å². The molecule has 1 saturated carbocycles. The van der Waals surface area contributed by atoms with E-state index in [1.807, 2.05) is 0 Å². The predicted octanol–water partition coefficient (Wildman–Crippen LogP) is 2.79. The van der Waals surface area contributed by atoms with Gasteiger partial charge in [0.05, 0.1) is 24.8 Å². The molecule has 0 radical (unpaired) electrons. The van der Waals surface area contributed by atoms with Gasteiger partial charge in [0.2, 0.25) is 5.82 Å². The topological polar surface area (TPSA) is 106 Å². The molecule has 1 aliphatic rings. The van der Waals surface area contributed by atoms with Crippen LogP contribution >= 0.6 is 11.6 Å². The van der Waals surface area contributed by atoms with E-state index in [1.165, 1.54) is 30.2 Å². The van der Waals surface area contributed by atoms with Crippen LogP contribution in [0, 0.1) is 11.6 Å². The van der Waals surface area contributed by atoms with Crippen LogP contribution in [0.1, 0.15) is 31.4 Å². The fourth-order valence-corrected chi connectivity index (χ4v) is 3.88. The van der Waals surface area contributed by atoms with Crippen LogP contribution < -0.4 is 5.32 Å². The Hall–Kier alpha value is -2.98.